The Morgan fingerprint density at radius 2 is 2.05 bits per heavy atom. The number of benzene rings is 1. The third-order valence-corrected chi connectivity index (χ3v) is 4.17. The van der Waals surface area contributed by atoms with Gasteiger partial charge in [0.25, 0.3) is 11.1 Å². The Balaban J connectivity index is 1.81. The summed E-state index contributed by atoms with van der Waals surface area (Å²) in [4.78, 5) is 30.3. The van der Waals surface area contributed by atoms with Crippen LogP contribution in [0.15, 0.2) is 53.6 Å². The van der Waals surface area contributed by atoms with E-state index in [0.717, 1.165) is 22.9 Å². The molecule has 0 atom stereocenters. The van der Waals surface area contributed by atoms with Gasteiger partial charge in [0.15, 0.2) is 0 Å². The number of hydrogen-bond acceptors (Lipinski definition) is 4. The van der Waals surface area contributed by atoms with Gasteiger partial charge in [0, 0.05) is 6.20 Å². The largest absolute Gasteiger partial charge is 0.293 e. The molecule has 0 aliphatic carbocycles. The number of thioether (sulfide) groups is 1. The number of nitrogens with zero attached hydrogens (tertiary/aromatic N) is 2. The number of rotatable bonds is 3. The minimum Gasteiger partial charge on any atom is -0.268 e. The van der Waals surface area contributed by atoms with Gasteiger partial charge >= 0.3 is 0 Å². The van der Waals surface area contributed by atoms with Gasteiger partial charge in [-0.3, -0.25) is 19.5 Å². The third-order valence-electron chi connectivity index (χ3n) is 3.26. The maximum atomic E-state index is 12.4. The van der Waals surface area contributed by atoms with Crippen molar-refractivity contribution in [3.05, 3.63) is 70.4 Å². The lowest BCUT2D eigenvalue weighted by Gasteiger charge is -2.12. The summed E-state index contributed by atoms with van der Waals surface area (Å²) in [7, 11) is 0. The second-order valence-electron chi connectivity index (χ2n) is 5.01. The van der Waals surface area contributed by atoms with Crippen LogP contribution in [0.5, 0.6) is 0 Å². The predicted octanol–water partition coefficient (Wildman–Crippen LogP) is 3.63. The summed E-state index contributed by atoms with van der Waals surface area (Å²) in [5, 5.41) is -0.242. The Morgan fingerprint density at radius 3 is 2.77 bits per heavy atom. The topological polar surface area (TPSA) is 50.3 Å². The van der Waals surface area contributed by atoms with Crippen molar-refractivity contribution < 1.29 is 9.59 Å². The minimum absolute atomic E-state index is 0.242. The first kappa shape index (κ1) is 14.5. The second kappa shape index (κ2) is 6.15. The van der Waals surface area contributed by atoms with Gasteiger partial charge in [-0.1, -0.05) is 35.9 Å². The maximum Gasteiger partial charge on any atom is 0.293 e. The number of aryl methyl sites for hydroxylation is 1. The number of imide groups is 1. The summed E-state index contributed by atoms with van der Waals surface area (Å²) in [6.07, 6.45) is 3.31. The van der Waals surface area contributed by atoms with Gasteiger partial charge in [-0.15, -0.1) is 0 Å². The van der Waals surface area contributed by atoms with E-state index in [1.807, 2.05) is 37.3 Å². The van der Waals surface area contributed by atoms with E-state index in [-0.39, 0.29) is 11.1 Å². The fourth-order valence-corrected chi connectivity index (χ4v) is 3.05. The third kappa shape index (κ3) is 3.09. The summed E-state index contributed by atoms with van der Waals surface area (Å²) in [5.74, 6) is -0.262. The van der Waals surface area contributed by atoms with Gasteiger partial charge in [0.05, 0.1) is 17.1 Å². The molecule has 1 saturated heterocycles. The Morgan fingerprint density at radius 1 is 1.18 bits per heavy atom. The van der Waals surface area contributed by atoms with Crippen molar-refractivity contribution >= 4 is 29.0 Å². The number of carbonyl (C=O) groups is 2. The van der Waals surface area contributed by atoms with E-state index in [4.69, 9.17) is 0 Å². The van der Waals surface area contributed by atoms with Crippen LogP contribution < -0.4 is 0 Å². The van der Waals surface area contributed by atoms with Crippen LogP contribution in [0.3, 0.4) is 0 Å². The first-order valence-corrected chi connectivity index (χ1v) is 7.67. The zero-order chi connectivity index (χ0) is 15.5. The molecule has 1 aliphatic heterocycles. The molecule has 2 aromatic rings. The lowest BCUT2D eigenvalue weighted by atomic mass is 10.1. The van der Waals surface area contributed by atoms with Gasteiger partial charge < -0.3 is 0 Å². The van der Waals surface area contributed by atoms with E-state index < -0.39 is 0 Å². The van der Waals surface area contributed by atoms with E-state index >= 15 is 0 Å². The van der Waals surface area contributed by atoms with Gasteiger partial charge in [0.2, 0.25) is 0 Å². The van der Waals surface area contributed by atoms with Crippen LogP contribution in [0.25, 0.3) is 6.08 Å². The molecule has 1 aromatic carbocycles. The van der Waals surface area contributed by atoms with E-state index in [1.165, 1.54) is 4.90 Å². The normalized spacial score (nSPS) is 16.6. The van der Waals surface area contributed by atoms with Gasteiger partial charge in [-0.25, -0.2) is 0 Å². The van der Waals surface area contributed by atoms with Crippen LogP contribution in [0.4, 0.5) is 4.79 Å². The standard InChI is InChI=1S/C17H14N2O2S/c1-12-5-4-6-13(9-12)11-19-16(20)15(22-17(19)21)10-14-7-2-3-8-18-14/h2-10H,11H2,1H3/b15-10-. The van der Waals surface area contributed by atoms with Crippen molar-refractivity contribution in [2.75, 3.05) is 0 Å². The zero-order valence-electron chi connectivity index (χ0n) is 12.0. The van der Waals surface area contributed by atoms with Crippen molar-refractivity contribution in [3.63, 3.8) is 0 Å². The maximum absolute atomic E-state index is 12.4. The number of hydrogen-bond donors (Lipinski definition) is 0. The van der Waals surface area contributed by atoms with Gasteiger partial charge in [0.1, 0.15) is 0 Å². The molecular formula is C17H14N2O2S. The van der Waals surface area contributed by atoms with Crippen LogP contribution in [0, 0.1) is 6.92 Å². The highest BCUT2D eigenvalue weighted by Gasteiger charge is 2.35. The van der Waals surface area contributed by atoms with Crippen LogP contribution in [-0.4, -0.2) is 21.0 Å². The van der Waals surface area contributed by atoms with Crippen LogP contribution in [0.1, 0.15) is 16.8 Å². The van der Waals surface area contributed by atoms with Crippen LogP contribution in [0.2, 0.25) is 0 Å². The molecule has 0 bridgehead atoms. The fraction of sp³-hybridized carbons (Fsp3) is 0.118. The molecular weight excluding hydrogens is 296 g/mol. The SMILES string of the molecule is Cc1cccc(CN2C(=O)S/C(=C\c3ccccn3)C2=O)c1. The van der Waals surface area contributed by atoms with Crippen molar-refractivity contribution in [2.24, 2.45) is 0 Å². The summed E-state index contributed by atoms with van der Waals surface area (Å²) in [6.45, 7) is 2.28. The molecule has 0 saturated carbocycles. The van der Waals surface area contributed by atoms with E-state index in [2.05, 4.69) is 4.98 Å². The van der Waals surface area contributed by atoms with E-state index in [9.17, 15) is 9.59 Å². The van der Waals surface area contributed by atoms with Crippen molar-refractivity contribution in [1.29, 1.82) is 0 Å². The highest BCUT2D eigenvalue weighted by molar-refractivity contribution is 8.18. The molecule has 0 unspecified atom stereocenters. The quantitative estimate of drug-likeness (QED) is 0.812. The Bertz CT molecular complexity index is 756. The molecule has 3 rings (SSSR count). The molecule has 0 N–H and O–H groups in total. The molecule has 22 heavy (non-hydrogen) atoms. The summed E-state index contributed by atoms with van der Waals surface area (Å²) in [6, 6.07) is 13.3. The summed E-state index contributed by atoms with van der Waals surface area (Å²) >= 11 is 0.959. The highest BCUT2D eigenvalue weighted by Crippen LogP contribution is 2.33. The Kier molecular flexibility index (Phi) is 4.06. The molecule has 110 valence electrons. The highest BCUT2D eigenvalue weighted by atomic mass is 32.2. The van der Waals surface area contributed by atoms with Gasteiger partial charge in [-0.05, 0) is 42.5 Å². The predicted molar refractivity (Wildman–Crippen MR) is 86.9 cm³/mol. The summed E-state index contributed by atoms with van der Waals surface area (Å²) in [5.41, 5.74) is 2.72. The van der Waals surface area contributed by atoms with Gasteiger partial charge in [-0.2, -0.15) is 0 Å². The first-order valence-electron chi connectivity index (χ1n) is 6.85. The molecule has 2 amide bonds. The van der Waals surface area contributed by atoms with Crippen LogP contribution in [-0.2, 0) is 11.3 Å². The second-order valence-corrected chi connectivity index (χ2v) is 6.00. The Hall–Kier alpha value is -2.40. The number of amides is 2. The average Bonchev–Trinajstić information content (AvgIpc) is 2.76. The average molecular weight is 310 g/mol. The smallest absolute Gasteiger partial charge is 0.268 e. The molecule has 1 aromatic heterocycles. The van der Waals surface area contributed by atoms with Crippen molar-refractivity contribution in [2.45, 2.75) is 13.5 Å². The molecule has 5 heteroatoms. The molecule has 0 spiro atoms. The summed E-state index contributed by atoms with van der Waals surface area (Å²) < 4.78 is 0. The van der Waals surface area contributed by atoms with Crippen molar-refractivity contribution in [1.82, 2.24) is 9.88 Å². The number of aromatic nitrogens is 1. The minimum atomic E-state index is -0.262. The Labute approximate surface area is 132 Å². The molecule has 1 fully saturated rings. The van der Waals surface area contributed by atoms with Crippen molar-refractivity contribution in [3.8, 4) is 0 Å². The number of pyridine rings is 1. The monoisotopic (exact) mass is 310 g/mol. The molecule has 2 heterocycles. The molecule has 4 nitrogen and oxygen atoms in total. The molecule has 0 radical (unpaired) electrons. The van der Waals surface area contributed by atoms with Crippen LogP contribution >= 0.6 is 11.8 Å². The molecule has 1 aliphatic rings. The van der Waals surface area contributed by atoms with E-state index in [1.54, 1.807) is 24.4 Å². The fourth-order valence-electron chi connectivity index (χ4n) is 2.23. The van der Waals surface area contributed by atoms with E-state index in [0.29, 0.717) is 17.1 Å². The number of carbonyl (C=O) groups excluding carboxylic acids is 2. The lowest BCUT2D eigenvalue weighted by molar-refractivity contribution is -0.123. The zero-order valence-corrected chi connectivity index (χ0v) is 12.8. The lowest BCUT2D eigenvalue weighted by Crippen LogP contribution is -2.27. The first-order chi connectivity index (χ1) is 10.6.